The fourth-order valence-electron chi connectivity index (χ4n) is 3.19. The highest BCUT2D eigenvalue weighted by atomic mass is 16.5. The number of nitrogens with zero attached hydrogens (tertiary/aromatic N) is 1. The number of hydrogen-bond donors (Lipinski definition) is 2. The average Bonchev–Trinajstić information content (AvgIpc) is 2.58. The summed E-state index contributed by atoms with van der Waals surface area (Å²) < 4.78 is 4.95. The van der Waals surface area contributed by atoms with Crippen molar-refractivity contribution < 1.29 is 9.53 Å². The summed E-state index contributed by atoms with van der Waals surface area (Å²) in [6.07, 6.45) is 2.62. The van der Waals surface area contributed by atoms with Crippen LogP contribution in [-0.4, -0.2) is 50.7 Å². The zero-order valence-corrected chi connectivity index (χ0v) is 15.0. The molecule has 1 unspecified atom stereocenters. The Balaban J connectivity index is 1.81. The van der Waals surface area contributed by atoms with Gasteiger partial charge >= 0.3 is 0 Å². The van der Waals surface area contributed by atoms with Gasteiger partial charge in [0.2, 0.25) is 5.91 Å². The number of carbonyl (C=O) groups excluding carboxylic acids is 1. The second-order valence-electron chi connectivity index (χ2n) is 6.70. The van der Waals surface area contributed by atoms with Gasteiger partial charge in [0.15, 0.2) is 0 Å². The van der Waals surface area contributed by atoms with E-state index in [0.717, 1.165) is 12.5 Å². The van der Waals surface area contributed by atoms with Crippen LogP contribution >= 0.6 is 0 Å². The minimum atomic E-state index is 0.0208. The molecule has 1 fully saturated rings. The molecule has 0 radical (unpaired) electrons. The molecule has 0 bridgehead atoms. The third-order valence-electron chi connectivity index (χ3n) is 4.50. The Morgan fingerprint density at radius 2 is 2.12 bits per heavy atom. The van der Waals surface area contributed by atoms with Crippen molar-refractivity contribution in [3.05, 3.63) is 35.4 Å². The summed E-state index contributed by atoms with van der Waals surface area (Å²) in [4.78, 5) is 14.4. The molecule has 2 rings (SSSR count). The number of carbonyl (C=O) groups is 1. The predicted octanol–water partition coefficient (Wildman–Crippen LogP) is 1.77. The third-order valence-corrected chi connectivity index (χ3v) is 4.50. The molecule has 0 saturated carbocycles. The molecule has 1 aromatic carbocycles. The Bertz CT molecular complexity index is 507. The Labute approximate surface area is 145 Å². The molecule has 1 aliphatic heterocycles. The molecule has 1 saturated heterocycles. The van der Waals surface area contributed by atoms with E-state index >= 15 is 0 Å². The van der Waals surface area contributed by atoms with Crippen molar-refractivity contribution in [2.24, 2.45) is 5.92 Å². The number of ether oxygens (including phenoxy) is 1. The van der Waals surface area contributed by atoms with Gasteiger partial charge in [0.05, 0.1) is 13.2 Å². The summed E-state index contributed by atoms with van der Waals surface area (Å²) in [6, 6.07) is 8.42. The molecule has 1 atom stereocenters. The van der Waals surface area contributed by atoms with Crippen LogP contribution < -0.4 is 10.6 Å². The van der Waals surface area contributed by atoms with Crippen molar-refractivity contribution in [3.8, 4) is 0 Å². The number of methoxy groups -OCH3 is 1. The van der Waals surface area contributed by atoms with Gasteiger partial charge in [0.25, 0.3) is 0 Å². The zero-order chi connectivity index (χ0) is 17.2. The summed E-state index contributed by atoms with van der Waals surface area (Å²) in [7, 11) is 1.65. The Morgan fingerprint density at radius 1 is 1.33 bits per heavy atom. The van der Waals surface area contributed by atoms with Crippen molar-refractivity contribution in [1.29, 1.82) is 0 Å². The SMILES string of the molecule is COCCNCC(=O)NCc1ccccc1CN1CCCC(C)C1. The summed E-state index contributed by atoms with van der Waals surface area (Å²) in [6.45, 7) is 7.87. The van der Waals surface area contributed by atoms with Gasteiger partial charge in [-0.1, -0.05) is 31.2 Å². The number of nitrogens with one attached hydrogen (secondary N) is 2. The molecule has 5 nitrogen and oxygen atoms in total. The van der Waals surface area contributed by atoms with Crippen molar-refractivity contribution in [1.82, 2.24) is 15.5 Å². The molecule has 134 valence electrons. The van der Waals surface area contributed by atoms with E-state index in [1.54, 1.807) is 7.11 Å². The Kier molecular flexibility index (Phi) is 8.22. The number of likely N-dealkylation sites (tertiary alicyclic amines) is 1. The van der Waals surface area contributed by atoms with Gasteiger partial charge in [0, 0.05) is 33.3 Å². The summed E-state index contributed by atoms with van der Waals surface area (Å²) >= 11 is 0. The normalized spacial score (nSPS) is 18.5. The topological polar surface area (TPSA) is 53.6 Å². The fraction of sp³-hybridized carbons (Fsp3) is 0.632. The summed E-state index contributed by atoms with van der Waals surface area (Å²) in [5, 5.41) is 6.06. The molecular weight excluding hydrogens is 302 g/mol. The van der Waals surface area contributed by atoms with E-state index in [-0.39, 0.29) is 5.91 Å². The van der Waals surface area contributed by atoms with Gasteiger partial charge in [-0.3, -0.25) is 9.69 Å². The first-order valence-electron chi connectivity index (χ1n) is 8.94. The number of benzene rings is 1. The quantitative estimate of drug-likeness (QED) is 0.676. The second-order valence-corrected chi connectivity index (χ2v) is 6.70. The van der Waals surface area contributed by atoms with Crippen LogP contribution in [0, 0.1) is 5.92 Å². The van der Waals surface area contributed by atoms with Gasteiger partial charge in [-0.05, 0) is 36.4 Å². The van der Waals surface area contributed by atoms with Crippen LogP contribution in [0.2, 0.25) is 0 Å². The first kappa shape index (κ1) is 18.9. The molecule has 1 heterocycles. The lowest BCUT2D eigenvalue weighted by Crippen LogP contribution is -2.36. The Morgan fingerprint density at radius 3 is 2.88 bits per heavy atom. The molecule has 2 N–H and O–H groups in total. The number of amides is 1. The maximum absolute atomic E-state index is 11.9. The fourth-order valence-corrected chi connectivity index (χ4v) is 3.19. The molecule has 1 aromatic rings. The highest BCUT2D eigenvalue weighted by Crippen LogP contribution is 2.19. The molecule has 5 heteroatoms. The van der Waals surface area contributed by atoms with E-state index in [2.05, 4.69) is 40.7 Å². The molecule has 1 amide bonds. The van der Waals surface area contributed by atoms with E-state index in [9.17, 15) is 4.79 Å². The largest absolute Gasteiger partial charge is 0.383 e. The lowest BCUT2D eigenvalue weighted by molar-refractivity contribution is -0.120. The monoisotopic (exact) mass is 333 g/mol. The lowest BCUT2D eigenvalue weighted by atomic mass is 9.99. The number of hydrogen-bond acceptors (Lipinski definition) is 4. The highest BCUT2D eigenvalue weighted by molar-refractivity contribution is 5.78. The zero-order valence-electron chi connectivity index (χ0n) is 15.0. The van der Waals surface area contributed by atoms with E-state index in [4.69, 9.17) is 4.74 Å². The van der Waals surface area contributed by atoms with Crippen LogP contribution in [0.5, 0.6) is 0 Å². The van der Waals surface area contributed by atoms with E-state index in [1.807, 2.05) is 6.07 Å². The Hall–Kier alpha value is -1.43. The van der Waals surface area contributed by atoms with Gasteiger partial charge in [-0.25, -0.2) is 0 Å². The molecular formula is C19H31N3O2. The van der Waals surface area contributed by atoms with E-state index in [1.165, 1.54) is 37.1 Å². The van der Waals surface area contributed by atoms with Gasteiger partial charge in [0.1, 0.15) is 0 Å². The van der Waals surface area contributed by atoms with Crippen molar-refractivity contribution in [2.45, 2.75) is 32.9 Å². The standard InChI is InChI=1S/C19H31N3O2/c1-16-6-5-10-22(14-16)15-18-8-4-3-7-17(18)12-21-19(23)13-20-9-11-24-2/h3-4,7-8,16,20H,5-6,9-15H2,1-2H3,(H,21,23). The molecule has 1 aliphatic rings. The number of rotatable bonds is 9. The van der Waals surface area contributed by atoms with Crippen LogP contribution in [0.25, 0.3) is 0 Å². The summed E-state index contributed by atoms with van der Waals surface area (Å²) in [5.74, 6) is 0.802. The van der Waals surface area contributed by atoms with Gasteiger partial charge in [-0.2, -0.15) is 0 Å². The third kappa shape index (κ3) is 6.59. The maximum atomic E-state index is 11.9. The summed E-state index contributed by atoms with van der Waals surface area (Å²) in [5.41, 5.74) is 2.53. The maximum Gasteiger partial charge on any atom is 0.234 e. The number of piperidine rings is 1. The molecule has 24 heavy (non-hydrogen) atoms. The minimum Gasteiger partial charge on any atom is -0.383 e. The highest BCUT2D eigenvalue weighted by Gasteiger charge is 2.17. The van der Waals surface area contributed by atoms with E-state index in [0.29, 0.717) is 26.2 Å². The van der Waals surface area contributed by atoms with Crippen LogP contribution in [0.3, 0.4) is 0 Å². The lowest BCUT2D eigenvalue weighted by Gasteiger charge is -2.31. The van der Waals surface area contributed by atoms with Crippen molar-refractivity contribution in [3.63, 3.8) is 0 Å². The second kappa shape index (κ2) is 10.4. The first-order valence-corrected chi connectivity index (χ1v) is 8.94. The first-order chi connectivity index (χ1) is 11.7. The van der Waals surface area contributed by atoms with Crippen molar-refractivity contribution in [2.75, 3.05) is 39.9 Å². The molecule has 0 aliphatic carbocycles. The smallest absolute Gasteiger partial charge is 0.234 e. The minimum absolute atomic E-state index is 0.0208. The van der Waals surface area contributed by atoms with Crippen LogP contribution in [-0.2, 0) is 22.6 Å². The van der Waals surface area contributed by atoms with Gasteiger partial charge < -0.3 is 15.4 Å². The van der Waals surface area contributed by atoms with Crippen LogP contribution in [0.4, 0.5) is 0 Å². The molecule has 0 aromatic heterocycles. The van der Waals surface area contributed by atoms with Crippen LogP contribution in [0.15, 0.2) is 24.3 Å². The molecule has 0 spiro atoms. The van der Waals surface area contributed by atoms with Crippen molar-refractivity contribution >= 4 is 5.91 Å². The van der Waals surface area contributed by atoms with Crippen LogP contribution in [0.1, 0.15) is 30.9 Å². The van der Waals surface area contributed by atoms with Gasteiger partial charge in [-0.15, -0.1) is 0 Å². The predicted molar refractivity (Wildman–Crippen MR) is 96.7 cm³/mol. The van der Waals surface area contributed by atoms with E-state index < -0.39 is 0 Å². The average molecular weight is 333 g/mol.